The van der Waals surface area contributed by atoms with Gasteiger partial charge in [0.15, 0.2) is 12.0 Å². The average molecular weight is 1000 g/mol. The van der Waals surface area contributed by atoms with Crippen molar-refractivity contribution in [2.45, 2.75) is 88.2 Å². The monoisotopic (exact) mass is 1000 g/mol. The molecule has 17 nitrogen and oxygen atoms in total. The summed E-state index contributed by atoms with van der Waals surface area (Å²) in [6.45, 7) is 13.0. The number of carboxylic acids is 1. The second-order valence-corrected chi connectivity index (χ2v) is 21.0. The van der Waals surface area contributed by atoms with Crippen LogP contribution in [-0.2, 0) is 50.0 Å². The van der Waals surface area contributed by atoms with Gasteiger partial charge >= 0.3 is 5.97 Å². The second kappa shape index (κ2) is 24.7. The number of primary sulfonamides is 1. The molecule has 378 valence electrons. The Morgan fingerprint density at radius 2 is 1.61 bits per heavy atom. The van der Waals surface area contributed by atoms with Crippen LogP contribution < -0.4 is 25.4 Å². The van der Waals surface area contributed by atoms with E-state index in [2.05, 4.69) is 41.7 Å². The molecule has 70 heavy (non-hydrogen) atoms. The van der Waals surface area contributed by atoms with E-state index in [-0.39, 0.29) is 48.2 Å². The first-order valence-electron chi connectivity index (χ1n) is 23.2. The van der Waals surface area contributed by atoms with E-state index >= 15 is 0 Å². The molecule has 3 aromatic rings. The van der Waals surface area contributed by atoms with Crippen molar-refractivity contribution in [3.63, 3.8) is 0 Å². The largest absolute Gasteiger partial charge is 0.748 e. The molecular formula is C51H65N5O12S2. The number of carbonyl (C=O) groups excluding carboxylic acids is 2. The van der Waals surface area contributed by atoms with Crippen molar-refractivity contribution < 1.29 is 59.7 Å². The quantitative estimate of drug-likeness (QED) is 0.0164. The highest BCUT2D eigenvalue weighted by atomic mass is 32.2. The van der Waals surface area contributed by atoms with Crippen LogP contribution in [-0.4, -0.2) is 113 Å². The minimum Gasteiger partial charge on any atom is -0.748 e. The zero-order chi connectivity index (χ0) is 51.1. The molecule has 0 saturated heterocycles. The van der Waals surface area contributed by atoms with Gasteiger partial charge in [-0.25, -0.2) is 26.8 Å². The molecule has 19 heteroatoms. The van der Waals surface area contributed by atoms with Gasteiger partial charge in [0.2, 0.25) is 21.6 Å². The van der Waals surface area contributed by atoms with Gasteiger partial charge in [0.25, 0.3) is 5.91 Å². The molecule has 2 heterocycles. The Balaban J connectivity index is 1.16. The van der Waals surface area contributed by atoms with E-state index in [1.165, 1.54) is 12.1 Å². The molecule has 2 aliphatic rings. The summed E-state index contributed by atoms with van der Waals surface area (Å²) in [5, 5.41) is 20.3. The summed E-state index contributed by atoms with van der Waals surface area (Å²) in [5.74, 6) is -1.61. The molecule has 0 bridgehead atoms. The SMILES string of the molecule is C=CCOC(COc1cccc(C(=O)NCCCCCNC(=O)CCN2\C(=C/C=C/C=C/C3=[N+](CCCCS(=O)(=O)[O-])c4ccccc4C3(C)C)C(C)(C)c3cc(S(N)(=O)=O)ccc32)c1)OCC(=O)O. The van der Waals surface area contributed by atoms with E-state index in [0.29, 0.717) is 56.8 Å². The number of nitrogens with two attached hydrogens (primary N) is 1. The van der Waals surface area contributed by atoms with Gasteiger partial charge in [0.1, 0.15) is 25.5 Å². The molecule has 5 rings (SSSR count). The lowest BCUT2D eigenvalue weighted by molar-refractivity contribution is -0.438. The van der Waals surface area contributed by atoms with Crippen LogP contribution in [0.2, 0.25) is 0 Å². The van der Waals surface area contributed by atoms with Crippen molar-refractivity contribution in [2.75, 3.05) is 56.7 Å². The highest BCUT2D eigenvalue weighted by molar-refractivity contribution is 7.89. The highest BCUT2D eigenvalue weighted by Crippen LogP contribution is 2.48. The Labute approximate surface area is 411 Å². The Hall–Kier alpha value is -5.96. The number of ether oxygens (including phenoxy) is 3. The number of aliphatic carboxylic acids is 1. The number of hydrogen-bond donors (Lipinski definition) is 4. The predicted molar refractivity (Wildman–Crippen MR) is 267 cm³/mol. The van der Waals surface area contributed by atoms with Crippen molar-refractivity contribution in [1.82, 2.24) is 10.6 Å². The Bertz CT molecular complexity index is 2730. The summed E-state index contributed by atoms with van der Waals surface area (Å²) in [4.78, 5) is 39.0. The molecule has 1 unspecified atom stereocenters. The fourth-order valence-corrected chi connectivity index (χ4v) is 9.59. The molecule has 0 aliphatic carbocycles. The van der Waals surface area contributed by atoms with Gasteiger partial charge in [-0.1, -0.05) is 62.4 Å². The lowest BCUT2D eigenvalue weighted by Crippen LogP contribution is -2.32. The number of nitrogens with one attached hydrogen (secondary N) is 2. The molecule has 0 fully saturated rings. The minimum absolute atomic E-state index is 0.00466. The molecule has 0 spiro atoms. The van der Waals surface area contributed by atoms with E-state index < -0.39 is 50.2 Å². The van der Waals surface area contributed by atoms with Crippen LogP contribution in [0.25, 0.3) is 0 Å². The third-order valence-electron chi connectivity index (χ3n) is 12.0. The lowest BCUT2D eigenvalue weighted by atomic mass is 9.81. The van der Waals surface area contributed by atoms with Gasteiger partial charge in [0.05, 0.1) is 27.0 Å². The van der Waals surface area contributed by atoms with Gasteiger partial charge in [-0.3, -0.25) is 9.59 Å². The van der Waals surface area contributed by atoms with Crippen molar-refractivity contribution >= 4 is 55.0 Å². The number of amides is 2. The number of para-hydroxylation sites is 1. The Morgan fingerprint density at radius 3 is 2.33 bits per heavy atom. The van der Waals surface area contributed by atoms with Crippen molar-refractivity contribution in [1.29, 1.82) is 0 Å². The number of allylic oxidation sites excluding steroid dienone is 6. The van der Waals surface area contributed by atoms with E-state index in [9.17, 15) is 35.8 Å². The van der Waals surface area contributed by atoms with Crippen molar-refractivity contribution in [3.8, 4) is 5.75 Å². The lowest BCUT2D eigenvalue weighted by Gasteiger charge is -2.27. The van der Waals surface area contributed by atoms with Gasteiger partial charge < -0.3 is 39.4 Å². The minimum atomic E-state index is -4.30. The molecule has 0 radical (unpaired) electrons. The number of carboxylic acid groups (broad SMARTS) is 1. The topological polar surface area (TPSA) is 247 Å². The third-order valence-corrected chi connectivity index (χ3v) is 13.7. The summed E-state index contributed by atoms with van der Waals surface area (Å²) >= 11 is 0. The van der Waals surface area contributed by atoms with Crippen molar-refractivity contribution in [3.05, 3.63) is 132 Å². The summed E-state index contributed by atoms with van der Waals surface area (Å²) in [6.07, 6.45) is 13.4. The molecule has 2 aliphatic heterocycles. The number of rotatable bonds is 28. The first kappa shape index (κ1) is 55.0. The normalized spacial score (nSPS) is 16.1. The van der Waals surface area contributed by atoms with Gasteiger partial charge in [-0.05, 0) is 87.6 Å². The first-order valence-corrected chi connectivity index (χ1v) is 26.3. The number of hydrogen-bond acceptors (Lipinski definition) is 12. The first-order chi connectivity index (χ1) is 33.1. The third kappa shape index (κ3) is 15.3. The van der Waals surface area contributed by atoms with E-state index in [1.54, 1.807) is 36.4 Å². The number of sulfonamides is 1. The van der Waals surface area contributed by atoms with Crippen LogP contribution in [0.5, 0.6) is 5.75 Å². The number of nitrogens with zero attached hydrogens (tertiary/aromatic N) is 2. The molecule has 0 saturated carbocycles. The van der Waals surface area contributed by atoms with Gasteiger partial charge in [0, 0.05) is 78.3 Å². The summed E-state index contributed by atoms with van der Waals surface area (Å²) in [6, 6.07) is 19.4. The fourth-order valence-electron chi connectivity index (χ4n) is 8.50. The smallest absolute Gasteiger partial charge is 0.329 e. The van der Waals surface area contributed by atoms with Gasteiger partial charge in [-0.2, -0.15) is 4.58 Å². The molecule has 1 atom stereocenters. The van der Waals surface area contributed by atoms with Crippen LogP contribution in [0.15, 0.2) is 120 Å². The number of carbonyl (C=O) groups is 3. The standard InChI is InChI=1S/C51H65N5O12S2/c1-6-31-66-48(68-35-47(58)59)36-67-38-19-17-18-37(33-38)49(60)54-28-14-8-13-27-53-46(57)26-30-56-43-25-24-39(70(52,64)65)34-41(43)51(4,5)45(56)23-10-7-9-22-44-50(2,3)40-20-11-12-21-42(40)55(44)29-15-16-32-69(61,62)63/h6-7,9-12,17-25,33-34,48H,1,8,13-16,26-32,35-36H2,2-5H3,(H5-,52,53,54,57,58,59,60,61,62,63,64,65). The summed E-state index contributed by atoms with van der Waals surface area (Å²) in [5.41, 5.74) is 4.96. The van der Waals surface area contributed by atoms with Crippen LogP contribution in [0, 0.1) is 0 Å². The molecule has 2 amide bonds. The van der Waals surface area contributed by atoms with Crippen LogP contribution >= 0.6 is 0 Å². The average Bonchev–Trinajstić information content (AvgIpc) is 3.65. The fraction of sp³-hybridized carbons (Fsp3) is 0.412. The zero-order valence-corrected chi connectivity index (χ0v) is 41.9. The Morgan fingerprint density at radius 1 is 0.871 bits per heavy atom. The Kier molecular flexibility index (Phi) is 19.4. The molecule has 0 aromatic heterocycles. The second-order valence-electron chi connectivity index (χ2n) is 18.0. The summed E-state index contributed by atoms with van der Waals surface area (Å²) < 4.78 is 77.0. The van der Waals surface area contributed by atoms with Gasteiger partial charge in [-0.15, -0.1) is 6.58 Å². The molecule has 5 N–H and O–H groups in total. The molecular weight excluding hydrogens is 939 g/mol. The predicted octanol–water partition coefficient (Wildman–Crippen LogP) is 5.95. The number of benzene rings is 3. The van der Waals surface area contributed by atoms with Crippen molar-refractivity contribution in [2.24, 2.45) is 5.14 Å². The number of anilines is 1. The maximum absolute atomic E-state index is 13.2. The maximum Gasteiger partial charge on any atom is 0.329 e. The van der Waals surface area contributed by atoms with E-state index in [4.69, 9.17) is 24.5 Å². The maximum atomic E-state index is 13.2. The highest BCUT2D eigenvalue weighted by Gasteiger charge is 2.44. The zero-order valence-electron chi connectivity index (χ0n) is 40.2. The summed E-state index contributed by atoms with van der Waals surface area (Å²) in [7, 11) is -8.28. The molecule has 3 aromatic carbocycles. The van der Waals surface area contributed by atoms with Crippen LogP contribution in [0.1, 0.15) is 87.7 Å². The number of fused-ring (bicyclic) bond motifs is 2. The van der Waals surface area contributed by atoms with Crippen LogP contribution in [0.3, 0.4) is 0 Å². The van der Waals surface area contributed by atoms with Crippen LogP contribution in [0.4, 0.5) is 11.4 Å². The number of unbranched alkanes of at least 4 members (excludes halogenated alkanes) is 3. The van der Waals surface area contributed by atoms with E-state index in [1.807, 2.05) is 67.3 Å². The van der Waals surface area contributed by atoms with E-state index in [0.717, 1.165) is 40.3 Å².